The molecule has 0 radical (unpaired) electrons. The maximum absolute atomic E-state index is 12.9. The van der Waals surface area contributed by atoms with Crippen molar-refractivity contribution in [3.8, 4) is 11.2 Å². The second kappa shape index (κ2) is 7.79. The lowest BCUT2D eigenvalue weighted by Gasteiger charge is -2.54. The Balaban J connectivity index is 2.21. The van der Waals surface area contributed by atoms with Crippen LogP contribution in [0.15, 0.2) is 35.1 Å². The van der Waals surface area contributed by atoms with Gasteiger partial charge < -0.3 is 5.32 Å². The van der Waals surface area contributed by atoms with Crippen molar-refractivity contribution in [2.75, 3.05) is 7.05 Å². The van der Waals surface area contributed by atoms with Crippen molar-refractivity contribution in [1.82, 2.24) is 5.32 Å². The van der Waals surface area contributed by atoms with Crippen LogP contribution < -0.4 is 5.32 Å². The Labute approximate surface area is 178 Å². The Kier molecular flexibility index (Phi) is 5.98. The van der Waals surface area contributed by atoms with Crippen LogP contribution in [0.25, 0.3) is 0 Å². The third kappa shape index (κ3) is 3.33. The van der Waals surface area contributed by atoms with Crippen LogP contribution in [0.2, 0.25) is 0 Å². The Hall–Kier alpha value is -1.00. The third-order valence-electron chi connectivity index (χ3n) is 6.52. The summed E-state index contributed by atoms with van der Waals surface area (Å²) in [6.45, 7) is 6.38. The first kappa shape index (κ1) is 20.7. The van der Waals surface area contributed by atoms with Gasteiger partial charge in [-0.3, -0.25) is 9.59 Å². The van der Waals surface area contributed by atoms with Crippen molar-refractivity contribution in [2.24, 2.45) is 22.7 Å². The molecule has 1 fully saturated rings. The summed E-state index contributed by atoms with van der Waals surface area (Å²) in [4.78, 5) is 25.6. The molecule has 3 nitrogen and oxygen atoms in total. The molecule has 4 unspecified atom stereocenters. The normalized spacial score (nSPS) is 35.1. The fourth-order valence-corrected chi connectivity index (χ4v) is 5.81. The molecule has 144 valence electrons. The van der Waals surface area contributed by atoms with Crippen LogP contribution in [-0.2, 0) is 9.59 Å². The van der Waals surface area contributed by atoms with Crippen molar-refractivity contribution >= 4 is 41.7 Å². The first-order valence-electron chi connectivity index (χ1n) is 9.56. The molecule has 0 amide bonds. The molecule has 0 aromatic rings. The molecule has 1 saturated carbocycles. The van der Waals surface area contributed by atoms with Crippen LogP contribution in [-0.4, -0.2) is 18.6 Å². The molecule has 0 aromatic heterocycles. The summed E-state index contributed by atoms with van der Waals surface area (Å²) < 4.78 is 0. The van der Waals surface area contributed by atoms with Crippen LogP contribution in [0.1, 0.15) is 46.5 Å². The summed E-state index contributed by atoms with van der Waals surface area (Å²) in [7, 11) is 3.25. The Morgan fingerprint density at radius 1 is 1.37 bits per heavy atom. The molecule has 5 heteroatoms. The van der Waals surface area contributed by atoms with E-state index in [9.17, 15) is 9.59 Å². The van der Waals surface area contributed by atoms with Gasteiger partial charge in [0.2, 0.25) is 5.78 Å². The van der Waals surface area contributed by atoms with E-state index in [0.29, 0.717) is 5.70 Å². The standard InChI is InChI=1S/C22H26INO2S/c1-5-6-15-12-21(3)16(14(2)20(15)26)7-8-22(9-10-27-23)13-17(24-4)18(25)11-19(21)22/h11-14,16,24H,5-8H2,1-4H3. The van der Waals surface area contributed by atoms with Crippen molar-refractivity contribution < 1.29 is 9.59 Å². The zero-order valence-electron chi connectivity index (χ0n) is 16.3. The van der Waals surface area contributed by atoms with E-state index in [1.165, 1.54) is 8.93 Å². The lowest BCUT2D eigenvalue weighted by atomic mass is 9.48. The van der Waals surface area contributed by atoms with Gasteiger partial charge in [0.15, 0.2) is 5.78 Å². The quantitative estimate of drug-likeness (QED) is 0.443. The number of carbonyl (C=O) groups is 2. The van der Waals surface area contributed by atoms with Gasteiger partial charge in [-0.15, -0.1) is 0 Å². The van der Waals surface area contributed by atoms with Crippen LogP contribution in [0.3, 0.4) is 0 Å². The van der Waals surface area contributed by atoms with Gasteiger partial charge in [-0.25, -0.2) is 0 Å². The number of Topliss-reactive ketones (excluding diaryl/α,β-unsaturated/α-hetero) is 1. The SMILES string of the molecule is CCCC1=CC2(C)C3=CC(=O)C(NC)=CC3(C#CSI)CCC2C(C)C1=O. The Bertz CT molecular complexity index is 831. The van der Waals surface area contributed by atoms with Crippen LogP contribution in [0.5, 0.6) is 0 Å². The van der Waals surface area contributed by atoms with E-state index >= 15 is 0 Å². The fourth-order valence-electron chi connectivity index (χ4n) is 5.26. The van der Waals surface area contributed by atoms with E-state index in [0.717, 1.165) is 36.8 Å². The number of hydrogen-bond acceptors (Lipinski definition) is 4. The number of fused-ring (bicyclic) bond motifs is 3. The number of allylic oxidation sites excluding steroid dienone is 5. The molecular formula is C22H26INO2S. The summed E-state index contributed by atoms with van der Waals surface area (Å²) >= 11 is 2.19. The van der Waals surface area contributed by atoms with Crippen molar-refractivity contribution in [1.29, 1.82) is 0 Å². The minimum atomic E-state index is -0.441. The topological polar surface area (TPSA) is 46.2 Å². The zero-order valence-corrected chi connectivity index (χ0v) is 19.3. The Morgan fingerprint density at radius 2 is 2.11 bits per heavy atom. The van der Waals surface area contributed by atoms with Crippen molar-refractivity contribution in [3.63, 3.8) is 0 Å². The number of likely N-dealkylation sites (N-methyl/N-ethyl adjacent to an activating group) is 1. The largest absolute Gasteiger partial charge is 0.385 e. The zero-order chi connectivity index (χ0) is 19.8. The number of ketones is 2. The van der Waals surface area contributed by atoms with Gasteiger partial charge in [0, 0.05) is 39.6 Å². The first-order valence-corrected chi connectivity index (χ1v) is 12.9. The molecule has 4 atom stereocenters. The van der Waals surface area contributed by atoms with Crippen molar-refractivity contribution in [2.45, 2.75) is 46.5 Å². The van der Waals surface area contributed by atoms with Crippen LogP contribution in [0.4, 0.5) is 0 Å². The second-order valence-electron chi connectivity index (χ2n) is 8.01. The van der Waals surface area contributed by atoms with Crippen LogP contribution in [0, 0.1) is 33.8 Å². The number of halogens is 1. The highest BCUT2D eigenvalue weighted by atomic mass is 127. The van der Waals surface area contributed by atoms with E-state index in [2.05, 4.69) is 64.5 Å². The molecule has 0 aliphatic heterocycles. The summed E-state index contributed by atoms with van der Waals surface area (Å²) in [5.41, 5.74) is 1.86. The lowest BCUT2D eigenvalue weighted by molar-refractivity contribution is -0.123. The minimum absolute atomic E-state index is 0.00363. The van der Waals surface area contributed by atoms with E-state index in [4.69, 9.17) is 0 Å². The fraction of sp³-hybridized carbons (Fsp3) is 0.545. The molecule has 0 saturated heterocycles. The number of nitrogens with one attached hydrogen (secondary N) is 1. The molecule has 3 aliphatic rings. The molecular weight excluding hydrogens is 469 g/mol. The Morgan fingerprint density at radius 3 is 2.74 bits per heavy atom. The third-order valence-corrected chi connectivity index (χ3v) is 7.36. The predicted octanol–water partition coefficient (Wildman–Crippen LogP) is 4.99. The smallest absolute Gasteiger partial charge is 0.201 e. The van der Waals surface area contributed by atoms with E-state index in [1.807, 2.05) is 6.08 Å². The summed E-state index contributed by atoms with van der Waals surface area (Å²) in [5.74, 6) is 3.95. The molecule has 27 heavy (non-hydrogen) atoms. The number of carbonyl (C=O) groups excluding carboxylic acids is 2. The maximum atomic E-state index is 12.9. The summed E-state index contributed by atoms with van der Waals surface area (Å²) in [6.07, 6.45) is 9.52. The van der Waals surface area contributed by atoms with Gasteiger partial charge in [-0.2, -0.15) is 0 Å². The number of hydrogen-bond donors (Lipinski definition) is 1. The monoisotopic (exact) mass is 495 g/mol. The molecule has 3 aliphatic carbocycles. The summed E-state index contributed by atoms with van der Waals surface area (Å²) in [5, 5.41) is 6.22. The molecule has 1 N–H and O–H groups in total. The molecule has 0 bridgehead atoms. The van der Waals surface area contributed by atoms with Gasteiger partial charge in [0.1, 0.15) is 0 Å². The average Bonchev–Trinajstić information content (AvgIpc) is 2.65. The highest BCUT2D eigenvalue weighted by molar-refractivity contribution is 14.2. The molecule has 0 spiro atoms. The van der Waals surface area contributed by atoms with E-state index < -0.39 is 5.41 Å². The highest BCUT2D eigenvalue weighted by Gasteiger charge is 2.55. The van der Waals surface area contributed by atoms with Gasteiger partial charge in [0.05, 0.1) is 11.1 Å². The van der Waals surface area contributed by atoms with Gasteiger partial charge in [-0.05, 0) is 62.7 Å². The minimum Gasteiger partial charge on any atom is -0.385 e. The van der Waals surface area contributed by atoms with E-state index in [-0.39, 0.29) is 28.8 Å². The van der Waals surface area contributed by atoms with Crippen molar-refractivity contribution in [3.05, 3.63) is 35.1 Å². The molecule has 0 aromatic carbocycles. The lowest BCUT2D eigenvalue weighted by Crippen LogP contribution is -2.49. The second-order valence-corrected chi connectivity index (χ2v) is 9.69. The molecule has 0 heterocycles. The predicted molar refractivity (Wildman–Crippen MR) is 120 cm³/mol. The number of rotatable bonds is 3. The highest BCUT2D eigenvalue weighted by Crippen LogP contribution is 2.60. The van der Waals surface area contributed by atoms with Gasteiger partial charge in [0.25, 0.3) is 0 Å². The van der Waals surface area contributed by atoms with Gasteiger partial charge in [-0.1, -0.05) is 39.2 Å². The average molecular weight is 495 g/mol. The first-order chi connectivity index (χ1) is 12.8. The van der Waals surface area contributed by atoms with Gasteiger partial charge >= 0.3 is 0 Å². The maximum Gasteiger partial charge on any atom is 0.201 e. The van der Waals surface area contributed by atoms with E-state index in [1.54, 1.807) is 13.1 Å². The summed E-state index contributed by atoms with van der Waals surface area (Å²) in [6, 6.07) is 0. The molecule has 3 rings (SSSR count). The van der Waals surface area contributed by atoms with Crippen LogP contribution >= 0.6 is 30.1 Å².